The van der Waals surface area contributed by atoms with Gasteiger partial charge in [0.1, 0.15) is 6.61 Å². The van der Waals surface area contributed by atoms with Gasteiger partial charge in [0.15, 0.2) is 6.10 Å². The lowest BCUT2D eigenvalue weighted by molar-refractivity contribution is -0.161. The van der Waals surface area contributed by atoms with Gasteiger partial charge in [-0.25, -0.2) is 4.57 Å². The van der Waals surface area contributed by atoms with Gasteiger partial charge in [-0.1, -0.05) is 177 Å². The highest BCUT2D eigenvalue weighted by Gasteiger charge is 2.25. The number of phosphoric acid groups is 1. The third-order valence-electron chi connectivity index (χ3n) is 9.81. The van der Waals surface area contributed by atoms with E-state index in [9.17, 15) is 19.0 Å². The highest BCUT2D eigenvalue weighted by Crippen LogP contribution is 2.43. The van der Waals surface area contributed by atoms with Crippen LogP contribution in [0.1, 0.15) is 213 Å². The molecule has 0 aromatic heterocycles. The smallest absolute Gasteiger partial charge is 0.462 e. The molecular weight excluding hydrogens is 748 g/mol. The van der Waals surface area contributed by atoms with Crippen LogP contribution in [0.4, 0.5) is 0 Å². The average molecular weight is 835 g/mol. The van der Waals surface area contributed by atoms with Crippen molar-refractivity contribution in [3.8, 4) is 0 Å². The molecule has 0 fully saturated rings. The number of hydrogen-bond acceptors (Lipinski definition) is 7. The summed E-state index contributed by atoms with van der Waals surface area (Å²) in [6.45, 7) is 5.32. The fourth-order valence-corrected chi connectivity index (χ4v) is 7.14. The van der Waals surface area contributed by atoms with Crippen LogP contribution in [-0.4, -0.2) is 42.8 Å². The van der Waals surface area contributed by atoms with Gasteiger partial charge in [-0.3, -0.25) is 18.6 Å². The lowest BCUT2D eigenvalue weighted by atomic mass is 10.0. The van der Waals surface area contributed by atoms with Gasteiger partial charge in [0.05, 0.1) is 13.2 Å². The third-order valence-corrected chi connectivity index (χ3v) is 10.9. The van der Waals surface area contributed by atoms with Crippen LogP contribution < -0.4 is 0 Å². The zero-order valence-corrected chi connectivity index (χ0v) is 38.3. The Morgan fingerprint density at radius 2 is 0.879 bits per heavy atom. The van der Waals surface area contributed by atoms with Crippen molar-refractivity contribution >= 4 is 19.8 Å². The molecule has 0 saturated heterocycles. The minimum absolute atomic E-state index is 0.00969. The zero-order valence-electron chi connectivity index (χ0n) is 37.4. The van der Waals surface area contributed by atoms with Crippen LogP contribution >= 0.6 is 7.82 Å². The summed E-state index contributed by atoms with van der Waals surface area (Å²) in [5, 5.41) is 0. The van der Waals surface area contributed by atoms with E-state index in [0.717, 1.165) is 57.8 Å². The number of rotatable bonds is 43. The number of allylic oxidation sites excluding steroid dienone is 10. The zero-order chi connectivity index (χ0) is 42.5. The molecule has 8 nitrogen and oxygen atoms in total. The average Bonchev–Trinajstić information content (AvgIpc) is 3.20. The quantitative estimate of drug-likeness (QED) is 0.0280. The van der Waals surface area contributed by atoms with Crippen molar-refractivity contribution in [1.29, 1.82) is 0 Å². The Labute approximate surface area is 356 Å². The summed E-state index contributed by atoms with van der Waals surface area (Å²) < 4.78 is 32.7. The Bertz CT molecular complexity index is 1130. The van der Waals surface area contributed by atoms with Crippen molar-refractivity contribution in [2.75, 3.05) is 19.8 Å². The van der Waals surface area contributed by atoms with Crippen LogP contribution in [0, 0.1) is 0 Å². The molecule has 0 rings (SSSR count). The van der Waals surface area contributed by atoms with Gasteiger partial charge in [0.2, 0.25) is 0 Å². The van der Waals surface area contributed by atoms with Crippen molar-refractivity contribution in [2.45, 2.75) is 219 Å². The normalized spacial score (nSPS) is 13.8. The second-order valence-corrected chi connectivity index (χ2v) is 16.8. The number of esters is 2. The van der Waals surface area contributed by atoms with Gasteiger partial charge >= 0.3 is 19.8 Å². The summed E-state index contributed by atoms with van der Waals surface area (Å²) in [6, 6.07) is 0. The highest BCUT2D eigenvalue weighted by atomic mass is 31.2. The molecule has 0 saturated carbocycles. The molecule has 0 radical (unpaired) electrons. The van der Waals surface area contributed by atoms with E-state index in [2.05, 4.69) is 74.6 Å². The standard InChI is InChI=1S/C49H87O8P/c1-4-7-9-11-13-15-17-19-21-22-23-24-25-26-27-28-30-31-33-35-37-39-41-43-48(50)54-45-47(46-56-58(52,53)55-6-3)57-49(51)44-42-40-38-36-34-32-29-20-18-16-14-12-10-8-5-2/h8,10,14,16,20,22-23,29,34,36,47H,4-7,9,11-13,15,17-19,21,24-28,30-33,35,37-46H2,1-3H3,(H,52,53)/b10-8-,16-14-,23-22-,29-20-,36-34-. The maximum Gasteiger partial charge on any atom is 0.472 e. The summed E-state index contributed by atoms with van der Waals surface area (Å²) in [4.78, 5) is 34.8. The summed E-state index contributed by atoms with van der Waals surface area (Å²) in [5.74, 6) is -0.846. The first-order chi connectivity index (χ1) is 28.3. The van der Waals surface area contributed by atoms with Gasteiger partial charge in [0, 0.05) is 12.8 Å². The molecule has 0 spiro atoms. The largest absolute Gasteiger partial charge is 0.472 e. The van der Waals surface area contributed by atoms with Gasteiger partial charge in [-0.15, -0.1) is 0 Å². The molecule has 0 aromatic rings. The van der Waals surface area contributed by atoms with Crippen LogP contribution in [0.5, 0.6) is 0 Å². The number of carbonyl (C=O) groups is 2. The summed E-state index contributed by atoms with van der Waals surface area (Å²) >= 11 is 0. The first kappa shape index (κ1) is 55.8. The summed E-state index contributed by atoms with van der Waals surface area (Å²) in [5.41, 5.74) is 0. The Morgan fingerprint density at radius 3 is 1.38 bits per heavy atom. The summed E-state index contributed by atoms with van der Waals surface area (Å²) in [7, 11) is -4.30. The molecule has 0 aliphatic carbocycles. The van der Waals surface area contributed by atoms with Gasteiger partial charge in [0.25, 0.3) is 0 Å². The number of phosphoric ester groups is 1. The maximum atomic E-state index is 12.5. The number of unbranched alkanes of at least 4 members (excludes halogenated alkanes) is 21. The minimum Gasteiger partial charge on any atom is -0.462 e. The van der Waals surface area contributed by atoms with E-state index < -0.39 is 26.5 Å². The Kier molecular flexibility index (Phi) is 42.6. The van der Waals surface area contributed by atoms with Crippen molar-refractivity contribution in [3.63, 3.8) is 0 Å². The second kappa shape index (κ2) is 44.3. The van der Waals surface area contributed by atoms with Crippen molar-refractivity contribution < 1.29 is 37.6 Å². The molecule has 2 unspecified atom stereocenters. The molecule has 336 valence electrons. The molecule has 0 heterocycles. The molecule has 0 amide bonds. The first-order valence-electron chi connectivity index (χ1n) is 23.6. The minimum atomic E-state index is -4.30. The highest BCUT2D eigenvalue weighted by molar-refractivity contribution is 7.47. The predicted octanol–water partition coefficient (Wildman–Crippen LogP) is 15.1. The summed E-state index contributed by atoms with van der Waals surface area (Å²) in [6.07, 6.45) is 54.3. The fourth-order valence-electron chi connectivity index (χ4n) is 6.38. The van der Waals surface area contributed by atoms with E-state index in [0.29, 0.717) is 6.42 Å². The molecule has 0 aliphatic heterocycles. The molecule has 58 heavy (non-hydrogen) atoms. The molecule has 0 aliphatic rings. The third kappa shape index (κ3) is 43.3. The van der Waals surface area contributed by atoms with Gasteiger partial charge < -0.3 is 14.4 Å². The molecule has 0 bridgehead atoms. The molecule has 9 heteroatoms. The lowest BCUT2D eigenvalue weighted by Gasteiger charge is -2.19. The SMILES string of the molecule is CC/C=C\C/C=C\C/C=C\C/C=C\CCCCC(=O)OC(COC(=O)CCCCCCCCCCCCC/C=C\CCCCCCCCCC)COP(=O)(O)OCC. The van der Waals surface area contributed by atoms with Crippen molar-refractivity contribution in [1.82, 2.24) is 0 Å². The monoisotopic (exact) mass is 835 g/mol. The van der Waals surface area contributed by atoms with Crippen LogP contribution in [0.3, 0.4) is 0 Å². The molecule has 0 aromatic carbocycles. The Morgan fingerprint density at radius 1 is 0.483 bits per heavy atom. The lowest BCUT2D eigenvalue weighted by Crippen LogP contribution is -2.29. The van der Waals surface area contributed by atoms with E-state index in [-0.39, 0.29) is 32.0 Å². The van der Waals surface area contributed by atoms with E-state index >= 15 is 0 Å². The number of ether oxygens (including phenoxy) is 2. The second-order valence-electron chi connectivity index (χ2n) is 15.4. The predicted molar refractivity (Wildman–Crippen MR) is 244 cm³/mol. The fraction of sp³-hybridized carbons (Fsp3) is 0.755. The van der Waals surface area contributed by atoms with Crippen molar-refractivity contribution in [3.05, 3.63) is 60.8 Å². The number of carbonyl (C=O) groups excluding carboxylic acids is 2. The van der Waals surface area contributed by atoms with Gasteiger partial charge in [-0.2, -0.15) is 0 Å². The first-order valence-corrected chi connectivity index (χ1v) is 25.1. The molecular formula is C49H87O8P. The topological polar surface area (TPSA) is 108 Å². The molecule has 2 atom stereocenters. The number of hydrogen-bond donors (Lipinski definition) is 1. The maximum absolute atomic E-state index is 12.5. The van der Waals surface area contributed by atoms with Crippen LogP contribution in [0.15, 0.2) is 60.8 Å². The van der Waals surface area contributed by atoms with E-state index in [4.69, 9.17) is 18.5 Å². The van der Waals surface area contributed by atoms with Crippen LogP contribution in [0.2, 0.25) is 0 Å². The van der Waals surface area contributed by atoms with Crippen molar-refractivity contribution in [2.24, 2.45) is 0 Å². The van der Waals surface area contributed by atoms with Crippen LogP contribution in [0.25, 0.3) is 0 Å². The van der Waals surface area contributed by atoms with E-state index in [1.54, 1.807) is 6.92 Å². The van der Waals surface area contributed by atoms with E-state index in [1.807, 2.05) is 0 Å². The Balaban J connectivity index is 4.03. The van der Waals surface area contributed by atoms with Gasteiger partial charge in [-0.05, 0) is 84.0 Å². The van der Waals surface area contributed by atoms with Crippen LogP contribution in [-0.2, 0) is 32.7 Å². The Hall–Kier alpha value is -2.25. The molecule has 1 N–H and O–H groups in total. The van der Waals surface area contributed by atoms with E-state index in [1.165, 1.54) is 116 Å².